The molecular weight excluding hydrogens is 441 g/mol. The highest BCUT2D eigenvalue weighted by atomic mass is 19.1. The zero-order valence-electron chi connectivity index (χ0n) is 18.8. The molecule has 0 aliphatic heterocycles. The maximum Gasteiger partial charge on any atom is 0.220 e. The van der Waals surface area contributed by atoms with Crippen molar-refractivity contribution in [2.75, 3.05) is 26.1 Å². The number of nitrogens with zero attached hydrogens (tertiary/aromatic N) is 3. The number of halogens is 1. The lowest BCUT2D eigenvalue weighted by Gasteiger charge is -2.27. The number of aliphatic hydroxyl groups excluding tert-OH is 2. The minimum Gasteiger partial charge on any atom is -0.481 e. The second kappa shape index (κ2) is 10.1. The number of ether oxygens (including phenoxy) is 1. The van der Waals surface area contributed by atoms with Gasteiger partial charge in [0.25, 0.3) is 0 Å². The van der Waals surface area contributed by atoms with E-state index in [0.29, 0.717) is 40.6 Å². The van der Waals surface area contributed by atoms with Gasteiger partial charge >= 0.3 is 0 Å². The number of hydrogen-bond donors (Lipinski definition) is 4. The van der Waals surface area contributed by atoms with Gasteiger partial charge in [-0.1, -0.05) is 18.2 Å². The van der Waals surface area contributed by atoms with Crippen LogP contribution < -0.4 is 16.0 Å². The van der Waals surface area contributed by atoms with Crippen molar-refractivity contribution >= 4 is 11.6 Å². The number of nitrogens with one attached hydrogen (secondary N) is 1. The minimum atomic E-state index is -1.03. The van der Waals surface area contributed by atoms with Crippen molar-refractivity contribution in [3.63, 3.8) is 0 Å². The molecular formula is C24H26FN5O4. The lowest BCUT2D eigenvalue weighted by molar-refractivity contribution is -0.0191. The average Bonchev–Trinajstić information content (AvgIpc) is 2.83. The summed E-state index contributed by atoms with van der Waals surface area (Å²) in [7, 11) is 1.53. The van der Waals surface area contributed by atoms with E-state index in [-0.39, 0.29) is 24.3 Å². The fraction of sp³-hybridized carbons (Fsp3) is 0.292. The number of nitrogens with two attached hydrogens (primary N) is 1. The minimum absolute atomic E-state index is 0.127. The molecule has 1 aliphatic rings. The number of benzene rings is 1. The molecule has 1 unspecified atom stereocenters. The molecule has 3 aromatic rings. The molecule has 2 atom stereocenters. The molecule has 5 N–H and O–H groups in total. The van der Waals surface area contributed by atoms with Gasteiger partial charge in [0.05, 0.1) is 36.5 Å². The van der Waals surface area contributed by atoms with Crippen molar-refractivity contribution in [2.24, 2.45) is 0 Å². The number of hydrogen-bond acceptors (Lipinski definition) is 9. The van der Waals surface area contributed by atoms with Crippen LogP contribution in [0.25, 0.3) is 17.0 Å². The Morgan fingerprint density at radius 1 is 1.24 bits per heavy atom. The van der Waals surface area contributed by atoms with E-state index in [0.717, 1.165) is 11.1 Å². The summed E-state index contributed by atoms with van der Waals surface area (Å²) in [6.45, 7) is 1.27. The van der Waals surface area contributed by atoms with Crippen LogP contribution >= 0.6 is 0 Å². The van der Waals surface area contributed by atoms with Crippen molar-refractivity contribution in [3.8, 4) is 17.1 Å². The highest BCUT2D eigenvalue weighted by Gasteiger charge is 2.27. The van der Waals surface area contributed by atoms with Gasteiger partial charge in [0.15, 0.2) is 0 Å². The highest BCUT2D eigenvalue weighted by Crippen LogP contribution is 2.38. The van der Waals surface area contributed by atoms with Crippen LogP contribution in [0.5, 0.6) is 5.88 Å². The van der Waals surface area contributed by atoms with E-state index in [1.165, 1.54) is 19.2 Å². The normalized spacial score (nSPS) is 15.9. The smallest absolute Gasteiger partial charge is 0.220 e. The molecule has 4 rings (SSSR count). The molecule has 34 heavy (non-hydrogen) atoms. The first kappa shape index (κ1) is 23.6. The Morgan fingerprint density at radius 3 is 2.82 bits per heavy atom. The van der Waals surface area contributed by atoms with Crippen LogP contribution in [0, 0.1) is 12.7 Å². The van der Waals surface area contributed by atoms with Crippen LogP contribution in [0.4, 0.5) is 10.3 Å². The summed E-state index contributed by atoms with van der Waals surface area (Å²) in [5.74, 6) is -0.0300. The molecule has 10 heteroatoms. The van der Waals surface area contributed by atoms with Crippen LogP contribution in [0.15, 0.2) is 42.5 Å². The van der Waals surface area contributed by atoms with Gasteiger partial charge in [0, 0.05) is 29.5 Å². The summed E-state index contributed by atoms with van der Waals surface area (Å²) in [5, 5.41) is 18.6. The number of pyridine rings is 1. The number of hydroxylamine groups is 1. The molecule has 0 radical (unpaired) electrons. The van der Waals surface area contributed by atoms with Gasteiger partial charge in [-0.25, -0.2) is 19.3 Å². The number of fused-ring (bicyclic) bond motifs is 1. The highest BCUT2D eigenvalue weighted by molar-refractivity contribution is 5.73. The third-order valence-electron chi connectivity index (χ3n) is 5.52. The lowest BCUT2D eigenvalue weighted by atomic mass is 9.83. The van der Waals surface area contributed by atoms with E-state index in [1.54, 1.807) is 24.3 Å². The molecule has 1 aliphatic carbocycles. The first-order valence-electron chi connectivity index (χ1n) is 10.7. The van der Waals surface area contributed by atoms with Crippen LogP contribution in [0.2, 0.25) is 0 Å². The summed E-state index contributed by atoms with van der Waals surface area (Å²) in [6, 6.07) is 9.90. The van der Waals surface area contributed by atoms with Gasteiger partial charge in [0.2, 0.25) is 11.8 Å². The molecule has 2 aromatic heterocycles. The Bertz CT molecular complexity index is 1220. The number of rotatable bonds is 8. The van der Waals surface area contributed by atoms with Gasteiger partial charge in [-0.15, -0.1) is 0 Å². The predicted molar refractivity (Wildman–Crippen MR) is 124 cm³/mol. The Labute approximate surface area is 196 Å². The van der Waals surface area contributed by atoms with Crippen molar-refractivity contribution in [2.45, 2.75) is 25.4 Å². The molecule has 0 amide bonds. The molecule has 0 saturated carbocycles. The Balaban J connectivity index is 1.77. The number of anilines is 1. The standard InChI is InChI=1S/C24H26FN5O4/c1-13-23-20(29-24(26)27-13)8-14(9-21(23)30-34-12-16(32)11-31)17-7-6-15(25)10-18(17)19-4-3-5-22(28-19)33-2/h3-7,9-10,14,16,30-32H,8,11-12H2,1-2H3,(H2,26,27,29)/t14?,16-/m0/s1. The van der Waals surface area contributed by atoms with Crippen molar-refractivity contribution in [1.82, 2.24) is 20.4 Å². The van der Waals surface area contributed by atoms with Crippen molar-refractivity contribution < 1.29 is 24.2 Å². The summed E-state index contributed by atoms with van der Waals surface area (Å²) in [6.07, 6.45) is 1.41. The largest absolute Gasteiger partial charge is 0.481 e. The second-order valence-electron chi connectivity index (χ2n) is 7.93. The number of aliphatic hydroxyl groups is 2. The molecule has 0 fully saturated rings. The van der Waals surface area contributed by atoms with Gasteiger partial charge in [0.1, 0.15) is 18.5 Å². The molecule has 2 heterocycles. The summed E-state index contributed by atoms with van der Waals surface area (Å²) in [5.41, 5.74) is 13.5. The van der Waals surface area contributed by atoms with Gasteiger partial charge in [-0.2, -0.15) is 0 Å². The van der Waals surface area contributed by atoms with E-state index in [1.807, 2.05) is 13.0 Å². The van der Waals surface area contributed by atoms with Crippen molar-refractivity contribution in [3.05, 3.63) is 70.8 Å². The first-order valence-corrected chi connectivity index (χ1v) is 10.7. The van der Waals surface area contributed by atoms with Crippen LogP contribution in [-0.2, 0) is 11.3 Å². The Morgan fingerprint density at radius 2 is 2.06 bits per heavy atom. The number of aromatic nitrogens is 3. The monoisotopic (exact) mass is 467 g/mol. The third-order valence-corrected chi connectivity index (χ3v) is 5.52. The molecule has 0 bridgehead atoms. The lowest BCUT2D eigenvalue weighted by Crippen LogP contribution is -2.27. The number of methoxy groups -OCH3 is 1. The fourth-order valence-corrected chi connectivity index (χ4v) is 4.01. The van der Waals surface area contributed by atoms with Gasteiger partial charge < -0.3 is 20.7 Å². The zero-order valence-corrected chi connectivity index (χ0v) is 18.8. The predicted octanol–water partition coefficient (Wildman–Crippen LogP) is 2.13. The Hall–Kier alpha value is -3.60. The molecule has 1 aromatic carbocycles. The topological polar surface area (TPSA) is 136 Å². The van der Waals surface area contributed by atoms with Crippen LogP contribution in [0.1, 0.15) is 28.4 Å². The second-order valence-corrected chi connectivity index (χ2v) is 7.93. The van der Waals surface area contributed by atoms with E-state index < -0.39 is 12.7 Å². The van der Waals surface area contributed by atoms with Gasteiger partial charge in [-0.3, -0.25) is 10.3 Å². The average molecular weight is 468 g/mol. The summed E-state index contributed by atoms with van der Waals surface area (Å²) < 4.78 is 19.5. The Kier molecular flexibility index (Phi) is 7.01. The van der Waals surface area contributed by atoms with E-state index in [4.69, 9.17) is 20.4 Å². The van der Waals surface area contributed by atoms with Crippen LogP contribution in [0.3, 0.4) is 0 Å². The van der Waals surface area contributed by atoms with E-state index in [2.05, 4.69) is 20.4 Å². The zero-order chi connectivity index (χ0) is 24.2. The molecule has 178 valence electrons. The van der Waals surface area contributed by atoms with Crippen molar-refractivity contribution in [1.29, 1.82) is 0 Å². The number of aryl methyl sites for hydroxylation is 1. The quantitative estimate of drug-likeness (QED) is 0.367. The summed E-state index contributed by atoms with van der Waals surface area (Å²) in [4.78, 5) is 18.6. The van der Waals surface area contributed by atoms with Gasteiger partial charge in [-0.05, 0) is 30.7 Å². The van der Waals surface area contributed by atoms with E-state index >= 15 is 0 Å². The molecule has 0 spiro atoms. The maximum absolute atomic E-state index is 14.3. The van der Waals surface area contributed by atoms with E-state index in [9.17, 15) is 9.50 Å². The maximum atomic E-state index is 14.3. The first-order chi connectivity index (χ1) is 16.4. The van der Waals surface area contributed by atoms with Crippen LogP contribution in [-0.4, -0.2) is 51.6 Å². The molecule has 0 saturated heterocycles. The number of allylic oxidation sites excluding steroid dienone is 1. The molecule has 9 nitrogen and oxygen atoms in total. The summed E-state index contributed by atoms with van der Waals surface area (Å²) >= 11 is 0. The number of nitrogen functional groups attached to an aromatic ring is 1. The third kappa shape index (κ3) is 4.98. The SMILES string of the molecule is COc1cccc(-c2cc(F)ccc2C2C=C(NOC[C@@H](O)CO)c3c(C)nc(N)nc3C2)n1. The fourth-order valence-electron chi connectivity index (χ4n) is 4.01.